The lowest BCUT2D eigenvalue weighted by molar-refractivity contribution is -0.122. The molecule has 1 aromatic carbocycles. The van der Waals surface area contributed by atoms with Crippen molar-refractivity contribution in [2.24, 2.45) is 0 Å². The van der Waals surface area contributed by atoms with Gasteiger partial charge in [0.2, 0.25) is 5.91 Å². The second-order valence-corrected chi connectivity index (χ2v) is 6.23. The molecular weight excluding hydrogens is 230 g/mol. The second kappa shape index (κ2) is 6.70. The third-order valence-corrected chi connectivity index (χ3v) is 3.17. The highest BCUT2D eigenvalue weighted by Gasteiger charge is 2.12. The molecule has 0 fully saturated rings. The summed E-state index contributed by atoms with van der Waals surface area (Å²) in [7, 11) is 0. The first kappa shape index (κ1) is 14.1. The largest absolute Gasteiger partial charge is 0.352 e. The molecule has 0 saturated heterocycles. The van der Waals surface area contributed by atoms with E-state index in [1.165, 1.54) is 4.90 Å². The van der Waals surface area contributed by atoms with Gasteiger partial charge in [0.05, 0.1) is 0 Å². The van der Waals surface area contributed by atoms with E-state index < -0.39 is 0 Å². The van der Waals surface area contributed by atoms with Crippen LogP contribution >= 0.6 is 11.8 Å². The van der Waals surface area contributed by atoms with Crippen LogP contribution in [0.3, 0.4) is 0 Å². The summed E-state index contributed by atoms with van der Waals surface area (Å²) in [5, 5.41) is 2.97. The van der Waals surface area contributed by atoms with Crippen molar-refractivity contribution < 1.29 is 4.79 Å². The van der Waals surface area contributed by atoms with E-state index in [1.807, 2.05) is 39.0 Å². The van der Waals surface area contributed by atoms with Gasteiger partial charge in [-0.1, -0.05) is 18.2 Å². The second-order valence-electron chi connectivity index (χ2n) is 5.06. The van der Waals surface area contributed by atoms with E-state index in [0.29, 0.717) is 6.42 Å². The molecule has 0 aliphatic carbocycles. The quantitative estimate of drug-likeness (QED) is 0.641. The minimum atomic E-state index is -0.121. The molecular formula is C14H21NOS. The van der Waals surface area contributed by atoms with E-state index in [-0.39, 0.29) is 11.4 Å². The molecule has 0 aliphatic rings. The van der Waals surface area contributed by atoms with E-state index >= 15 is 0 Å². The predicted molar refractivity (Wildman–Crippen MR) is 74.3 cm³/mol. The molecule has 0 saturated carbocycles. The highest BCUT2D eigenvalue weighted by molar-refractivity contribution is 7.99. The molecule has 0 unspecified atom stereocenters. The number of hydrogen-bond acceptors (Lipinski definition) is 2. The molecule has 2 nitrogen and oxygen atoms in total. The SMILES string of the molecule is CC(C)(C)NC(=O)CCCSc1ccccc1. The fourth-order valence-electron chi connectivity index (χ4n) is 1.42. The van der Waals surface area contributed by atoms with Crippen LogP contribution in [0.15, 0.2) is 35.2 Å². The number of carbonyl (C=O) groups excluding carboxylic acids is 1. The highest BCUT2D eigenvalue weighted by Crippen LogP contribution is 2.18. The lowest BCUT2D eigenvalue weighted by Gasteiger charge is -2.20. The fraction of sp³-hybridized carbons (Fsp3) is 0.500. The number of rotatable bonds is 5. The summed E-state index contributed by atoms with van der Waals surface area (Å²) >= 11 is 1.80. The minimum absolute atomic E-state index is 0.121. The molecule has 0 atom stereocenters. The van der Waals surface area contributed by atoms with E-state index in [0.717, 1.165) is 12.2 Å². The Balaban J connectivity index is 2.14. The van der Waals surface area contributed by atoms with Crippen LogP contribution < -0.4 is 5.32 Å². The van der Waals surface area contributed by atoms with Crippen molar-refractivity contribution in [1.29, 1.82) is 0 Å². The zero-order chi connectivity index (χ0) is 12.7. The fourth-order valence-corrected chi connectivity index (χ4v) is 2.29. The summed E-state index contributed by atoms with van der Waals surface area (Å²) in [5.41, 5.74) is -0.121. The Morgan fingerprint density at radius 1 is 1.24 bits per heavy atom. The lowest BCUT2D eigenvalue weighted by Crippen LogP contribution is -2.40. The Hall–Kier alpha value is -0.960. The van der Waals surface area contributed by atoms with Crippen LogP contribution in [0, 0.1) is 0 Å². The monoisotopic (exact) mass is 251 g/mol. The summed E-state index contributed by atoms with van der Waals surface area (Å²) in [5.74, 6) is 1.13. The van der Waals surface area contributed by atoms with Gasteiger partial charge in [-0.25, -0.2) is 0 Å². The molecule has 3 heteroatoms. The van der Waals surface area contributed by atoms with E-state index in [2.05, 4.69) is 17.4 Å². The van der Waals surface area contributed by atoms with Crippen molar-refractivity contribution in [3.8, 4) is 0 Å². The average Bonchev–Trinajstić information content (AvgIpc) is 2.23. The first-order valence-corrected chi connectivity index (χ1v) is 6.95. The van der Waals surface area contributed by atoms with Gasteiger partial charge in [-0.15, -0.1) is 11.8 Å². The van der Waals surface area contributed by atoms with Gasteiger partial charge in [0, 0.05) is 16.9 Å². The van der Waals surface area contributed by atoms with Gasteiger partial charge in [-0.2, -0.15) is 0 Å². The minimum Gasteiger partial charge on any atom is -0.352 e. The zero-order valence-electron chi connectivity index (χ0n) is 10.8. The van der Waals surface area contributed by atoms with Gasteiger partial charge in [0.15, 0.2) is 0 Å². The number of amides is 1. The number of thioether (sulfide) groups is 1. The molecule has 0 radical (unpaired) electrons. The molecule has 17 heavy (non-hydrogen) atoms. The van der Waals surface area contributed by atoms with Crippen molar-refractivity contribution in [3.63, 3.8) is 0 Å². The van der Waals surface area contributed by atoms with Gasteiger partial charge >= 0.3 is 0 Å². The van der Waals surface area contributed by atoms with Crippen molar-refractivity contribution in [2.45, 2.75) is 44.0 Å². The summed E-state index contributed by atoms with van der Waals surface area (Å²) in [4.78, 5) is 12.8. The van der Waals surface area contributed by atoms with Crippen molar-refractivity contribution >= 4 is 17.7 Å². The third-order valence-electron chi connectivity index (χ3n) is 2.07. The molecule has 1 amide bonds. The van der Waals surface area contributed by atoms with Crippen LogP contribution in [0.2, 0.25) is 0 Å². The summed E-state index contributed by atoms with van der Waals surface area (Å²) in [6, 6.07) is 10.3. The van der Waals surface area contributed by atoms with Crippen LogP contribution in [0.5, 0.6) is 0 Å². The summed E-state index contributed by atoms with van der Waals surface area (Å²) in [6.45, 7) is 6.01. The van der Waals surface area contributed by atoms with E-state index in [4.69, 9.17) is 0 Å². The Morgan fingerprint density at radius 3 is 2.47 bits per heavy atom. The maximum atomic E-state index is 11.5. The zero-order valence-corrected chi connectivity index (χ0v) is 11.6. The Labute approximate surface area is 108 Å². The molecule has 1 N–H and O–H groups in total. The van der Waals surface area contributed by atoms with Crippen LogP contribution in [-0.4, -0.2) is 17.2 Å². The van der Waals surface area contributed by atoms with E-state index in [9.17, 15) is 4.79 Å². The van der Waals surface area contributed by atoms with Gasteiger partial charge in [-0.3, -0.25) is 4.79 Å². The Kier molecular flexibility index (Phi) is 5.56. The maximum absolute atomic E-state index is 11.5. The highest BCUT2D eigenvalue weighted by atomic mass is 32.2. The summed E-state index contributed by atoms with van der Waals surface area (Å²) < 4.78 is 0. The van der Waals surface area contributed by atoms with Crippen molar-refractivity contribution in [3.05, 3.63) is 30.3 Å². The molecule has 0 heterocycles. The predicted octanol–water partition coefficient (Wildman–Crippen LogP) is 3.47. The first-order chi connectivity index (χ1) is 7.97. The molecule has 1 aromatic rings. The number of nitrogens with one attached hydrogen (secondary N) is 1. The van der Waals surface area contributed by atoms with Gasteiger partial charge in [-0.05, 0) is 45.1 Å². The Bertz CT molecular complexity index is 343. The summed E-state index contributed by atoms with van der Waals surface area (Å²) in [6.07, 6.45) is 1.53. The lowest BCUT2D eigenvalue weighted by atomic mass is 10.1. The average molecular weight is 251 g/mol. The molecule has 1 rings (SSSR count). The number of carbonyl (C=O) groups is 1. The maximum Gasteiger partial charge on any atom is 0.220 e. The molecule has 0 aliphatic heterocycles. The molecule has 0 spiro atoms. The van der Waals surface area contributed by atoms with Gasteiger partial charge in [0.1, 0.15) is 0 Å². The topological polar surface area (TPSA) is 29.1 Å². The molecule has 0 aromatic heterocycles. The Morgan fingerprint density at radius 2 is 1.88 bits per heavy atom. The normalized spacial score (nSPS) is 11.2. The smallest absolute Gasteiger partial charge is 0.220 e. The van der Waals surface area contributed by atoms with Crippen LogP contribution in [0.4, 0.5) is 0 Å². The van der Waals surface area contributed by atoms with Gasteiger partial charge in [0.25, 0.3) is 0 Å². The van der Waals surface area contributed by atoms with Crippen LogP contribution in [0.25, 0.3) is 0 Å². The molecule has 0 bridgehead atoms. The number of benzene rings is 1. The van der Waals surface area contributed by atoms with Crippen LogP contribution in [0.1, 0.15) is 33.6 Å². The van der Waals surface area contributed by atoms with Gasteiger partial charge < -0.3 is 5.32 Å². The number of hydrogen-bond donors (Lipinski definition) is 1. The van der Waals surface area contributed by atoms with E-state index in [1.54, 1.807) is 11.8 Å². The molecule has 94 valence electrons. The first-order valence-electron chi connectivity index (χ1n) is 5.96. The third kappa shape index (κ3) is 7.05. The van der Waals surface area contributed by atoms with Crippen LogP contribution in [-0.2, 0) is 4.79 Å². The van der Waals surface area contributed by atoms with Crippen molar-refractivity contribution in [1.82, 2.24) is 5.32 Å². The van der Waals surface area contributed by atoms with Crippen molar-refractivity contribution in [2.75, 3.05) is 5.75 Å². The standard InChI is InChI=1S/C14H21NOS/c1-14(2,3)15-13(16)10-7-11-17-12-8-5-4-6-9-12/h4-6,8-9H,7,10-11H2,1-3H3,(H,15,16).